The van der Waals surface area contributed by atoms with Gasteiger partial charge < -0.3 is 5.32 Å². The van der Waals surface area contributed by atoms with Crippen molar-refractivity contribution in [1.29, 1.82) is 0 Å². The van der Waals surface area contributed by atoms with Gasteiger partial charge >= 0.3 is 6.18 Å². The molecule has 0 heterocycles. The Bertz CT molecular complexity index is 368. The minimum atomic E-state index is -4.81. The van der Waals surface area contributed by atoms with Crippen molar-refractivity contribution in [1.82, 2.24) is 0 Å². The van der Waals surface area contributed by atoms with Gasteiger partial charge in [0.15, 0.2) is 0 Å². The topological polar surface area (TPSA) is 29.1 Å². The molecule has 1 N–H and O–H groups in total. The molecule has 1 aromatic rings. The number of hydrogen-bond donors (Lipinski definition) is 1. The van der Waals surface area contributed by atoms with Crippen molar-refractivity contribution < 1.29 is 18.0 Å². The number of ketones is 1. The molecule has 0 unspecified atom stereocenters. The molecule has 0 aliphatic heterocycles. The van der Waals surface area contributed by atoms with Crippen molar-refractivity contribution in [2.24, 2.45) is 0 Å². The summed E-state index contributed by atoms with van der Waals surface area (Å²) in [6.07, 6.45) is -4.81. The monoisotopic (exact) mass is 231 g/mol. The first-order valence-electron chi connectivity index (χ1n) is 4.79. The standard InChI is InChI=1S/C11H12F3NO/c1-7(2)15-9-5-3-8(4-6-9)10(16)11(12,13)14/h3-7,15H,1-2H3. The SMILES string of the molecule is CC(C)Nc1ccc(C(=O)C(F)(F)F)cc1. The second kappa shape index (κ2) is 4.55. The van der Waals surface area contributed by atoms with E-state index in [2.05, 4.69) is 5.32 Å². The molecule has 0 atom stereocenters. The predicted molar refractivity (Wildman–Crippen MR) is 55.6 cm³/mol. The maximum atomic E-state index is 12.1. The van der Waals surface area contributed by atoms with E-state index in [9.17, 15) is 18.0 Å². The number of alkyl halides is 3. The lowest BCUT2D eigenvalue weighted by Crippen LogP contribution is -2.22. The van der Waals surface area contributed by atoms with Crippen LogP contribution in [0.2, 0.25) is 0 Å². The summed E-state index contributed by atoms with van der Waals surface area (Å²) in [6, 6.07) is 5.43. The summed E-state index contributed by atoms with van der Waals surface area (Å²) in [5.41, 5.74) is 0.343. The van der Waals surface area contributed by atoms with Gasteiger partial charge in [0.2, 0.25) is 0 Å². The number of hydrogen-bond acceptors (Lipinski definition) is 2. The van der Waals surface area contributed by atoms with Gasteiger partial charge in [-0.2, -0.15) is 13.2 Å². The molecular weight excluding hydrogens is 219 g/mol. The molecule has 0 aliphatic rings. The minimum absolute atomic E-state index is 0.184. The van der Waals surface area contributed by atoms with Crippen LogP contribution >= 0.6 is 0 Å². The third-order valence-corrected chi connectivity index (χ3v) is 1.86. The zero-order valence-corrected chi connectivity index (χ0v) is 8.93. The first kappa shape index (κ1) is 12.5. The van der Waals surface area contributed by atoms with Crippen molar-refractivity contribution in [3.05, 3.63) is 29.8 Å². The Hall–Kier alpha value is -1.52. The van der Waals surface area contributed by atoms with Gasteiger partial charge in [0.05, 0.1) is 0 Å². The van der Waals surface area contributed by atoms with Crippen molar-refractivity contribution in [3.63, 3.8) is 0 Å². The number of rotatable bonds is 3. The van der Waals surface area contributed by atoms with Gasteiger partial charge in [0.25, 0.3) is 5.78 Å². The van der Waals surface area contributed by atoms with Crippen LogP contribution in [0.4, 0.5) is 18.9 Å². The third kappa shape index (κ3) is 3.25. The van der Waals surface area contributed by atoms with Crippen LogP contribution in [0.1, 0.15) is 24.2 Å². The predicted octanol–water partition coefficient (Wildman–Crippen LogP) is 3.25. The molecule has 0 amide bonds. The quantitative estimate of drug-likeness (QED) is 0.809. The van der Waals surface area contributed by atoms with E-state index in [1.807, 2.05) is 13.8 Å². The van der Waals surface area contributed by atoms with Gasteiger partial charge in [-0.15, -0.1) is 0 Å². The van der Waals surface area contributed by atoms with E-state index in [-0.39, 0.29) is 11.6 Å². The van der Waals surface area contributed by atoms with Crippen LogP contribution in [0.15, 0.2) is 24.3 Å². The molecule has 0 saturated carbocycles. The second-order valence-electron chi connectivity index (χ2n) is 3.70. The van der Waals surface area contributed by atoms with Gasteiger partial charge in [-0.3, -0.25) is 4.79 Å². The Morgan fingerprint density at radius 3 is 2.06 bits per heavy atom. The van der Waals surface area contributed by atoms with Gasteiger partial charge in [0.1, 0.15) is 0 Å². The van der Waals surface area contributed by atoms with E-state index < -0.39 is 12.0 Å². The normalized spacial score (nSPS) is 11.6. The lowest BCUT2D eigenvalue weighted by molar-refractivity contribution is -0.0885. The van der Waals surface area contributed by atoms with E-state index >= 15 is 0 Å². The number of anilines is 1. The van der Waals surface area contributed by atoms with Crippen LogP contribution < -0.4 is 5.32 Å². The highest BCUT2D eigenvalue weighted by Crippen LogP contribution is 2.22. The largest absolute Gasteiger partial charge is 0.454 e. The average Bonchev–Trinajstić information content (AvgIpc) is 2.15. The number of halogens is 3. The Morgan fingerprint density at radius 1 is 1.19 bits per heavy atom. The van der Waals surface area contributed by atoms with E-state index in [4.69, 9.17) is 0 Å². The molecule has 5 heteroatoms. The van der Waals surface area contributed by atoms with E-state index in [1.165, 1.54) is 24.3 Å². The molecule has 0 saturated heterocycles. The Morgan fingerprint density at radius 2 is 1.69 bits per heavy atom. The van der Waals surface area contributed by atoms with Crippen LogP contribution in [0.3, 0.4) is 0 Å². The lowest BCUT2D eigenvalue weighted by atomic mass is 10.1. The fraction of sp³-hybridized carbons (Fsp3) is 0.364. The van der Waals surface area contributed by atoms with Gasteiger partial charge in [-0.05, 0) is 38.1 Å². The Labute approximate surface area is 91.5 Å². The molecule has 1 aromatic carbocycles. The molecule has 1 rings (SSSR count). The summed E-state index contributed by atoms with van der Waals surface area (Å²) in [6.45, 7) is 3.82. The summed E-state index contributed by atoms with van der Waals surface area (Å²) in [7, 11) is 0. The van der Waals surface area contributed by atoms with Gasteiger partial charge in [-0.1, -0.05) is 0 Å². The number of carbonyl (C=O) groups is 1. The highest BCUT2D eigenvalue weighted by molar-refractivity contribution is 6.00. The summed E-state index contributed by atoms with van der Waals surface area (Å²) in [5.74, 6) is -1.82. The molecule has 0 radical (unpaired) electrons. The average molecular weight is 231 g/mol. The van der Waals surface area contributed by atoms with Crippen molar-refractivity contribution >= 4 is 11.5 Å². The lowest BCUT2D eigenvalue weighted by Gasteiger charge is -2.10. The molecule has 2 nitrogen and oxygen atoms in total. The molecule has 0 aliphatic carbocycles. The van der Waals surface area contributed by atoms with Crippen LogP contribution in [-0.4, -0.2) is 18.0 Å². The first-order valence-corrected chi connectivity index (χ1v) is 4.79. The molecule has 16 heavy (non-hydrogen) atoms. The zero-order chi connectivity index (χ0) is 12.3. The molecule has 88 valence electrons. The first-order chi connectivity index (χ1) is 7.30. The number of Topliss-reactive ketones (excluding diaryl/α,β-unsaturated/α-hetero) is 1. The van der Waals surface area contributed by atoms with Crippen molar-refractivity contribution in [3.8, 4) is 0 Å². The highest BCUT2D eigenvalue weighted by Gasteiger charge is 2.39. The maximum Gasteiger partial charge on any atom is 0.454 e. The van der Waals surface area contributed by atoms with E-state index in [1.54, 1.807) is 0 Å². The van der Waals surface area contributed by atoms with Gasteiger partial charge in [-0.25, -0.2) is 0 Å². The zero-order valence-electron chi connectivity index (χ0n) is 8.93. The fourth-order valence-corrected chi connectivity index (χ4v) is 1.21. The number of carbonyl (C=O) groups excluding carboxylic acids is 1. The van der Waals surface area contributed by atoms with Crippen molar-refractivity contribution in [2.45, 2.75) is 26.1 Å². The third-order valence-electron chi connectivity index (χ3n) is 1.86. The van der Waals surface area contributed by atoms with Gasteiger partial charge in [0, 0.05) is 17.3 Å². The maximum absolute atomic E-state index is 12.1. The van der Waals surface area contributed by atoms with E-state index in [0.29, 0.717) is 5.69 Å². The highest BCUT2D eigenvalue weighted by atomic mass is 19.4. The molecule has 0 spiro atoms. The van der Waals surface area contributed by atoms with Crippen LogP contribution in [0, 0.1) is 0 Å². The molecule has 0 fully saturated rings. The number of nitrogens with one attached hydrogen (secondary N) is 1. The second-order valence-corrected chi connectivity index (χ2v) is 3.70. The summed E-state index contributed by atoms with van der Waals surface area (Å²) in [4.78, 5) is 10.9. The summed E-state index contributed by atoms with van der Waals surface area (Å²) < 4.78 is 36.2. The molecule has 0 aromatic heterocycles. The molecule has 0 bridgehead atoms. The number of benzene rings is 1. The van der Waals surface area contributed by atoms with Crippen molar-refractivity contribution in [2.75, 3.05) is 5.32 Å². The summed E-state index contributed by atoms with van der Waals surface area (Å²) >= 11 is 0. The van der Waals surface area contributed by atoms with Crippen LogP contribution in [0.25, 0.3) is 0 Å². The molecular formula is C11H12F3NO. The minimum Gasteiger partial charge on any atom is -0.383 e. The van der Waals surface area contributed by atoms with E-state index in [0.717, 1.165) is 0 Å². The smallest absolute Gasteiger partial charge is 0.383 e. The Balaban J connectivity index is 2.83. The Kier molecular flexibility index (Phi) is 3.57. The van der Waals surface area contributed by atoms with Crippen LogP contribution in [-0.2, 0) is 0 Å². The fourth-order valence-electron chi connectivity index (χ4n) is 1.21. The van der Waals surface area contributed by atoms with Crippen LogP contribution in [0.5, 0.6) is 0 Å². The summed E-state index contributed by atoms with van der Waals surface area (Å²) in [5, 5.41) is 3.02.